The molecule has 4 atom stereocenters. The highest BCUT2D eigenvalue weighted by Gasteiger charge is 2.76. The molecular weight excluding hydrogens is 168 g/mol. The largest absolute Gasteiger partial charge is 0.0841 e. The number of hydrogen-bond acceptors (Lipinski definition) is 0. The second-order valence-corrected chi connectivity index (χ2v) is 6.80. The second-order valence-electron chi connectivity index (χ2n) is 6.80. The van der Waals surface area contributed by atoms with Gasteiger partial charge in [-0.1, -0.05) is 25.5 Å². The number of rotatable bonds is 0. The van der Waals surface area contributed by atoms with E-state index in [-0.39, 0.29) is 0 Å². The Hall–Kier alpha value is -0.260. The average Bonchev–Trinajstić information content (AvgIpc) is 2.63. The molecule has 0 N–H and O–H groups in total. The Morgan fingerprint density at radius 2 is 2.07 bits per heavy atom. The Kier molecular flexibility index (Phi) is 1.06. The van der Waals surface area contributed by atoms with Gasteiger partial charge in [-0.25, -0.2) is 0 Å². The van der Waals surface area contributed by atoms with Crippen LogP contribution in [0.15, 0.2) is 11.6 Å². The Bertz CT molecular complexity index is 353. The van der Waals surface area contributed by atoms with Crippen LogP contribution >= 0.6 is 0 Å². The van der Waals surface area contributed by atoms with Crippen molar-refractivity contribution in [2.24, 2.45) is 22.2 Å². The fraction of sp³-hybridized carbons (Fsp3) is 0.857. The summed E-state index contributed by atoms with van der Waals surface area (Å²) in [6.07, 6.45) is 11.5. The fourth-order valence-electron chi connectivity index (χ4n) is 6.27. The van der Waals surface area contributed by atoms with E-state index in [4.69, 9.17) is 0 Å². The number of allylic oxidation sites excluding steroid dienone is 2. The van der Waals surface area contributed by atoms with E-state index in [1.54, 1.807) is 6.42 Å². The molecule has 4 rings (SSSR count). The molecule has 0 bridgehead atoms. The van der Waals surface area contributed by atoms with Gasteiger partial charge in [0.15, 0.2) is 0 Å². The molecular formula is C14H20. The Morgan fingerprint density at radius 3 is 2.93 bits per heavy atom. The zero-order valence-corrected chi connectivity index (χ0v) is 9.40. The molecule has 0 aromatic heterocycles. The van der Waals surface area contributed by atoms with Gasteiger partial charge in [-0.15, -0.1) is 0 Å². The molecule has 4 aliphatic carbocycles. The van der Waals surface area contributed by atoms with Gasteiger partial charge in [0.1, 0.15) is 0 Å². The van der Waals surface area contributed by atoms with Crippen LogP contribution in [0.4, 0.5) is 0 Å². The van der Waals surface area contributed by atoms with Gasteiger partial charge in [-0.3, -0.25) is 0 Å². The van der Waals surface area contributed by atoms with Gasteiger partial charge in [0, 0.05) is 5.41 Å². The molecule has 3 saturated carbocycles. The van der Waals surface area contributed by atoms with Crippen LogP contribution in [0.5, 0.6) is 0 Å². The van der Waals surface area contributed by atoms with E-state index in [1.165, 1.54) is 32.1 Å². The summed E-state index contributed by atoms with van der Waals surface area (Å²) < 4.78 is 0. The van der Waals surface area contributed by atoms with E-state index in [0.717, 1.165) is 5.92 Å². The third kappa shape index (κ3) is 0.487. The van der Waals surface area contributed by atoms with Crippen molar-refractivity contribution in [1.82, 2.24) is 0 Å². The normalized spacial score (nSPS) is 63.3. The quantitative estimate of drug-likeness (QED) is 0.505. The van der Waals surface area contributed by atoms with Gasteiger partial charge in [0.2, 0.25) is 0 Å². The summed E-state index contributed by atoms with van der Waals surface area (Å²) in [4.78, 5) is 0. The van der Waals surface area contributed by atoms with E-state index < -0.39 is 0 Å². The van der Waals surface area contributed by atoms with Crippen LogP contribution < -0.4 is 0 Å². The van der Waals surface area contributed by atoms with Crippen LogP contribution in [0.25, 0.3) is 0 Å². The van der Waals surface area contributed by atoms with Crippen molar-refractivity contribution in [1.29, 1.82) is 0 Å². The summed E-state index contributed by atoms with van der Waals surface area (Å²) in [5, 5.41) is 0. The lowest BCUT2D eigenvalue weighted by molar-refractivity contribution is -0.117. The highest BCUT2D eigenvalue weighted by atomic mass is 14.8. The minimum Gasteiger partial charge on any atom is -0.0841 e. The van der Waals surface area contributed by atoms with Crippen molar-refractivity contribution in [3.63, 3.8) is 0 Å². The minimum absolute atomic E-state index is 0.677. The van der Waals surface area contributed by atoms with E-state index in [9.17, 15) is 0 Å². The zero-order valence-electron chi connectivity index (χ0n) is 9.40. The summed E-state index contributed by atoms with van der Waals surface area (Å²) in [6.45, 7) is 5.17. The second kappa shape index (κ2) is 1.86. The molecule has 1 spiro atoms. The molecule has 3 fully saturated rings. The standard InChI is InChI=1S/C14H20/c1-12-6-3-10-4-8-13(2)9-11(5-7-12)14(10,12)13/h3,11H,4-9H2,1-2H3/t11-,12-,13-,14?/m1/s1. The van der Waals surface area contributed by atoms with Crippen molar-refractivity contribution in [3.8, 4) is 0 Å². The molecule has 1 unspecified atom stereocenters. The zero-order chi connectivity index (χ0) is 9.60. The molecule has 14 heavy (non-hydrogen) atoms. The molecule has 0 radical (unpaired) electrons. The Balaban J connectivity index is 1.99. The van der Waals surface area contributed by atoms with Crippen molar-refractivity contribution in [3.05, 3.63) is 11.6 Å². The van der Waals surface area contributed by atoms with Crippen LogP contribution in [0, 0.1) is 22.2 Å². The van der Waals surface area contributed by atoms with E-state index >= 15 is 0 Å². The topological polar surface area (TPSA) is 0 Å². The van der Waals surface area contributed by atoms with Gasteiger partial charge in [0.25, 0.3) is 0 Å². The van der Waals surface area contributed by atoms with E-state index in [1.807, 2.05) is 5.57 Å². The third-order valence-corrected chi connectivity index (χ3v) is 6.51. The summed E-state index contributed by atoms with van der Waals surface area (Å²) in [6, 6.07) is 0. The van der Waals surface area contributed by atoms with Crippen molar-refractivity contribution >= 4 is 0 Å². The van der Waals surface area contributed by atoms with Gasteiger partial charge in [-0.2, -0.15) is 0 Å². The van der Waals surface area contributed by atoms with Gasteiger partial charge in [0.05, 0.1) is 0 Å². The highest BCUT2D eigenvalue weighted by molar-refractivity contribution is 5.42. The predicted octanol–water partition coefficient (Wildman–Crippen LogP) is 3.92. The first-order chi connectivity index (χ1) is 6.62. The molecule has 0 amide bonds. The SMILES string of the molecule is C[C@@]12CC=C3CC[C@]4(C)C[C@@H](CC1)C324. The Labute approximate surface area is 86.8 Å². The lowest BCUT2D eigenvalue weighted by Gasteiger charge is -2.62. The molecule has 0 aliphatic heterocycles. The smallest absolute Gasteiger partial charge is 0.00509 e. The molecule has 0 nitrogen and oxygen atoms in total. The fourth-order valence-corrected chi connectivity index (χ4v) is 6.27. The molecule has 0 saturated heterocycles. The first kappa shape index (κ1) is 7.96. The van der Waals surface area contributed by atoms with Crippen LogP contribution in [0.2, 0.25) is 0 Å². The van der Waals surface area contributed by atoms with Gasteiger partial charge < -0.3 is 0 Å². The van der Waals surface area contributed by atoms with Crippen molar-refractivity contribution in [2.45, 2.75) is 52.4 Å². The summed E-state index contributed by atoms with van der Waals surface area (Å²) in [7, 11) is 0. The predicted molar refractivity (Wildman–Crippen MR) is 57.9 cm³/mol. The number of hydrogen-bond donors (Lipinski definition) is 0. The Morgan fingerprint density at radius 1 is 1.21 bits per heavy atom. The van der Waals surface area contributed by atoms with Gasteiger partial charge in [-0.05, 0) is 55.3 Å². The van der Waals surface area contributed by atoms with Crippen molar-refractivity contribution in [2.75, 3.05) is 0 Å². The molecule has 0 aromatic carbocycles. The summed E-state index contributed by atoms with van der Waals surface area (Å²) in [5.74, 6) is 1.08. The molecule has 0 heteroatoms. The summed E-state index contributed by atoms with van der Waals surface area (Å²) in [5.41, 5.74) is 3.98. The van der Waals surface area contributed by atoms with Gasteiger partial charge >= 0.3 is 0 Å². The monoisotopic (exact) mass is 188 g/mol. The van der Waals surface area contributed by atoms with Crippen LogP contribution in [0.3, 0.4) is 0 Å². The lowest BCUT2D eigenvalue weighted by atomic mass is 9.41. The van der Waals surface area contributed by atoms with Crippen molar-refractivity contribution < 1.29 is 0 Å². The van der Waals surface area contributed by atoms with Crippen LogP contribution in [0.1, 0.15) is 52.4 Å². The molecule has 4 aliphatic rings. The van der Waals surface area contributed by atoms with E-state index in [2.05, 4.69) is 19.9 Å². The van der Waals surface area contributed by atoms with Crippen LogP contribution in [-0.4, -0.2) is 0 Å². The summed E-state index contributed by atoms with van der Waals surface area (Å²) >= 11 is 0. The molecule has 76 valence electrons. The van der Waals surface area contributed by atoms with E-state index in [0.29, 0.717) is 16.2 Å². The minimum atomic E-state index is 0.677. The maximum Gasteiger partial charge on any atom is 0.00509 e. The van der Waals surface area contributed by atoms with Crippen LogP contribution in [-0.2, 0) is 0 Å². The highest BCUT2D eigenvalue weighted by Crippen LogP contribution is 2.85. The first-order valence-electron chi connectivity index (χ1n) is 6.32. The first-order valence-corrected chi connectivity index (χ1v) is 6.32. The third-order valence-electron chi connectivity index (χ3n) is 6.51. The lowest BCUT2D eigenvalue weighted by Crippen LogP contribution is -2.56. The average molecular weight is 188 g/mol. The molecule has 0 aromatic rings. The maximum absolute atomic E-state index is 2.62. The molecule has 0 heterocycles. The maximum atomic E-state index is 2.62.